The highest BCUT2D eigenvalue weighted by Crippen LogP contribution is 2.36. The van der Waals surface area contributed by atoms with Crippen molar-refractivity contribution in [2.45, 2.75) is 6.18 Å². The van der Waals surface area contributed by atoms with E-state index in [-0.39, 0.29) is 11.6 Å². The molecule has 3 rings (SSSR count). The highest BCUT2D eigenvalue weighted by molar-refractivity contribution is 9.10. The van der Waals surface area contributed by atoms with Gasteiger partial charge in [-0.2, -0.15) is 18.2 Å². The Bertz CT molecular complexity index is 928. The van der Waals surface area contributed by atoms with E-state index in [0.717, 1.165) is 22.8 Å². The molecular weight excluding hydrogens is 428 g/mol. The number of benzene rings is 2. The SMILES string of the molecule is CN(c1ccc(Br)cc1)c1ncc(C(F)(F)F)c(Nc2ccc(F)cc2)n1. The Balaban J connectivity index is 1.99. The van der Waals surface area contributed by atoms with Gasteiger partial charge in [0.05, 0.1) is 0 Å². The van der Waals surface area contributed by atoms with E-state index < -0.39 is 23.4 Å². The molecule has 140 valence electrons. The van der Waals surface area contributed by atoms with Crippen LogP contribution in [0.4, 0.5) is 40.7 Å². The number of aromatic nitrogens is 2. The summed E-state index contributed by atoms with van der Waals surface area (Å²) >= 11 is 3.32. The standard InChI is InChI=1S/C18H13BrF4N4/c1-27(14-8-2-11(19)3-9-14)17-24-10-15(18(21,22)23)16(26-17)25-13-6-4-12(20)5-7-13/h2-10H,1H3,(H,24,25,26). The summed E-state index contributed by atoms with van der Waals surface area (Å²) in [6, 6.07) is 12.1. The predicted octanol–water partition coefficient (Wildman–Crippen LogP) is 5.91. The topological polar surface area (TPSA) is 41.1 Å². The highest BCUT2D eigenvalue weighted by atomic mass is 79.9. The van der Waals surface area contributed by atoms with Crippen LogP contribution in [0.25, 0.3) is 0 Å². The van der Waals surface area contributed by atoms with Crippen molar-refractivity contribution >= 4 is 39.1 Å². The lowest BCUT2D eigenvalue weighted by Gasteiger charge is -2.20. The second kappa shape index (κ2) is 7.51. The number of anilines is 4. The van der Waals surface area contributed by atoms with Gasteiger partial charge in [-0.15, -0.1) is 0 Å². The van der Waals surface area contributed by atoms with Gasteiger partial charge in [0.15, 0.2) is 0 Å². The van der Waals surface area contributed by atoms with Gasteiger partial charge in [0.2, 0.25) is 5.95 Å². The molecular formula is C18H13BrF4N4. The van der Waals surface area contributed by atoms with Crippen LogP contribution in [0, 0.1) is 5.82 Å². The number of rotatable bonds is 4. The van der Waals surface area contributed by atoms with E-state index >= 15 is 0 Å². The van der Waals surface area contributed by atoms with Crippen LogP contribution in [0.3, 0.4) is 0 Å². The van der Waals surface area contributed by atoms with E-state index in [2.05, 4.69) is 31.2 Å². The van der Waals surface area contributed by atoms with E-state index in [1.165, 1.54) is 12.1 Å². The molecule has 0 aliphatic rings. The Morgan fingerprint density at radius 1 is 1.00 bits per heavy atom. The molecule has 0 unspecified atom stereocenters. The maximum absolute atomic E-state index is 13.3. The molecule has 0 fully saturated rings. The van der Waals surface area contributed by atoms with E-state index in [1.54, 1.807) is 36.2 Å². The molecule has 0 atom stereocenters. The number of hydrogen-bond acceptors (Lipinski definition) is 4. The van der Waals surface area contributed by atoms with Crippen molar-refractivity contribution in [1.82, 2.24) is 9.97 Å². The van der Waals surface area contributed by atoms with Crippen LogP contribution in [-0.2, 0) is 6.18 Å². The van der Waals surface area contributed by atoms with Crippen LogP contribution in [-0.4, -0.2) is 17.0 Å². The van der Waals surface area contributed by atoms with Crippen LogP contribution < -0.4 is 10.2 Å². The van der Waals surface area contributed by atoms with Crippen LogP contribution >= 0.6 is 15.9 Å². The van der Waals surface area contributed by atoms with Crippen LogP contribution in [0.2, 0.25) is 0 Å². The molecule has 0 aliphatic carbocycles. The van der Waals surface area contributed by atoms with Gasteiger partial charge >= 0.3 is 6.18 Å². The first kappa shape index (κ1) is 19.1. The fourth-order valence-electron chi connectivity index (χ4n) is 2.29. The third kappa shape index (κ3) is 4.54. The van der Waals surface area contributed by atoms with Gasteiger partial charge in [-0.25, -0.2) is 9.37 Å². The molecule has 1 aromatic heterocycles. The molecule has 2 aromatic carbocycles. The average Bonchev–Trinajstić information content (AvgIpc) is 2.63. The summed E-state index contributed by atoms with van der Waals surface area (Å²) in [6.07, 6.45) is -3.92. The molecule has 0 aliphatic heterocycles. The molecule has 0 saturated heterocycles. The van der Waals surface area contributed by atoms with Crippen LogP contribution in [0.1, 0.15) is 5.56 Å². The first-order valence-corrected chi connectivity index (χ1v) is 8.49. The summed E-state index contributed by atoms with van der Waals surface area (Å²) in [5, 5.41) is 2.59. The summed E-state index contributed by atoms with van der Waals surface area (Å²) in [4.78, 5) is 9.44. The monoisotopic (exact) mass is 440 g/mol. The van der Waals surface area contributed by atoms with Gasteiger partial charge in [-0.05, 0) is 48.5 Å². The van der Waals surface area contributed by atoms with Gasteiger partial charge in [0.1, 0.15) is 17.2 Å². The molecule has 3 aromatic rings. The zero-order chi connectivity index (χ0) is 19.6. The minimum absolute atomic E-state index is 0.0786. The molecule has 27 heavy (non-hydrogen) atoms. The fraction of sp³-hybridized carbons (Fsp3) is 0.111. The first-order chi connectivity index (χ1) is 12.7. The van der Waals surface area contributed by atoms with E-state index in [9.17, 15) is 17.6 Å². The lowest BCUT2D eigenvalue weighted by Crippen LogP contribution is -2.17. The van der Waals surface area contributed by atoms with E-state index in [1.807, 2.05) is 0 Å². The zero-order valence-electron chi connectivity index (χ0n) is 13.9. The summed E-state index contributed by atoms with van der Waals surface area (Å²) in [6.45, 7) is 0. The summed E-state index contributed by atoms with van der Waals surface area (Å²) in [7, 11) is 1.65. The van der Waals surface area contributed by atoms with Gasteiger partial charge in [-0.3, -0.25) is 0 Å². The second-order valence-corrected chi connectivity index (χ2v) is 6.51. The Morgan fingerprint density at radius 2 is 1.63 bits per heavy atom. The van der Waals surface area contributed by atoms with E-state index in [4.69, 9.17) is 0 Å². The lowest BCUT2D eigenvalue weighted by molar-refractivity contribution is -0.137. The number of nitrogens with zero attached hydrogens (tertiary/aromatic N) is 3. The maximum atomic E-state index is 13.3. The number of hydrogen-bond donors (Lipinski definition) is 1. The lowest BCUT2D eigenvalue weighted by atomic mass is 10.2. The Kier molecular flexibility index (Phi) is 5.31. The van der Waals surface area contributed by atoms with Crippen molar-refractivity contribution in [2.24, 2.45) is 0 Å². The predicted molar refractivity (Wildman–Crippen MR) is 98.9 cm³/mol. The fourth-order valence-corrected chi connectivity index (χ4v) is 2.55. The molecule has 0 spiro atoms. The number of nitrogens with one attached hydrogen (secondary N) is 1. The van der Waals surface area contributed by atoms with Gasteiger partial charge in [-0.1, -0.05) is 15.9 Å². The Morgan fingerprint density at radius 3 is 2.22 bits per heavy atom. The molecule has 1 N–H and O–H groups in total. The van der Waals surface area contributed by atoms with Crippen LogP contribution in [0.5, 0.6) is 0 Å². The van der Waals surface area contributed by atoms with Gasteiger partial charge in [0.25, 0.3) is 0 Å². The van der Waals surface area contributed by atoms with Crippen molar-refractivity contribution in [2.75, 3.05) is 17.3 Å². The smallest absolute Gasteiger partial charge is 0.340 e. The molecule has 1 heterocycles. The second-order valence-electron chi connectivity index (χ2n) is 5.60. The van der Waals surface area contributed by atoms with Crippen molar-refractivity contribution in [1.29, 1.82) is 0 Å². The third-order valence-corrected chi connectivity index (χ3v) is 4.23. The molecule has 0 saturated carbocycles. The van der Waals surface area contributed by atoms with Crippen molar-refractivity contribution in [3.63, 3.8) is 0 Å². The molecule has 0 bridgehead atoms. The maximum Gasteiger partial charge on any atom is 0.421 e. The molecule has 0 radical (unpaired) electrons. The third-order valence-electron chi connectivity index (χ3n) is 3.70. The van der Waals surface area contributed by atoms with Crippen molar-refractivity contribution < 1.29 is 17.6 Å². The van der Waals surface area contributed by atoms with Gasteiger partial charge < -0.3 is 10.2 Å². The normalized spacial score (nSPS) is 11.3. The summed E-state index contributed by atoms with van der Waals surface area (Å²) in [5.41, 5.74) is -0.0386. The minimum Gasteiger partial charge on any atom is -0.340 e. The van der Waals surface area contributed by atoms with Crippen molar-refractivity contribution in [3.05, 3.63) is 70.6 Å². The summed E-state index contributed by atoms with van der Waals surface area (Å²) < 4.78 is 53.9. The largest absolute Gasteiger partial charge is 0.421 e. The molecule has 4 nitrogen and oxygen atoms in total. The summed E-state index contributed by atoms with van der Waals surface area (Å²) in [5.74, 6) is -0.826. The highest BCUT2D eigenvalue weighted by Gasteiger charge is 2.35. The van der Waals surface area contributed by atoms with Crippen LogP contribution in [0.15, 0.2) is 59.2 Å². The molecule has 9 heteroatoms. The molecule has 0 amide bonds. The Labute approximate surface area is 161 Å². The number of halogens is 5. The minimum atomic E-state index is -4.64. The van der Waals surface area contributed by atoms with Crippen molar-refractivity contribution in [3.8, 4) is 0 Å². The number of alkyl halides is 3. The first-order valence-electron chi connectivity index (χ1n) is 7.70. The van der Waals surface area contributed by atoms with Gasteiger partial charge in [0, 0.05) is 29.1 Å². The quantitative estimate of drug-likeness (QED) is 0.512. The van der Waals surface area contributed by atoms with E-state index in [0.29, 0.717) is 5.69 Å². The Hall–Kier alpha value is -2.68. The zero-order valence-corrected chi connectivity index (χ0v) is 15.5. The average molecular weight is 441 g/mol.